The molecule has 0 aliphatic carbocycles. The fourth-order valence-corrected chi connectivity index (χ4v) is 3.14. The summed E-state index contributed by atoms with van der Waals surface area (Å²) >= 11 is 0. The molecule has 2 unspecified atom stereocenters. The van der Waals surface area contributed by atoms with Gasteiger partial charge in [0.2, 0.25) is 0 Å². The first-order valence-corrected chi connectivity index (χ1v) is 6.76. The average molecular weight is 240 g/mol. The molecule has 98 valence electrons. The summed E-state index contributed by atoms with van der Waals surface area (Å²) in [6, 6.07) is 1.30. The maximum atomic E-state index is 10.7. The Hall–Kier alpha value is -0.610. The second-order valence-corrected chi connectivity index (χ2v) is 5.78. The van der Waals surface area contributed by atoms with Gasteiger partial charge in [0.05, 0.1) is 0 Å². The van der Waals surface area contributed by atoms with Gasteiger partial charge in [0.25, 0.3) is 0 Å². The summed E-state index contributed by atoms with van der Waals surface area (Å²) in [5, 5.41) is 8.81. The Labute approximate surface area is 104 Å². The number of nitrogens with zero attached hydrogens (tertiary/aromatic N) is 2. The molecule has 2 fully saturated rings. The summed E-state index contributed by atoms with van der Waals surface area (Å²) in [5.74, 6) is -0.271. The van der Waals surface area contributed by atoms with E-state index < -0.39 is 5.97 Å². The zero-order valence-electron chi connectivity index (χ0n) is 10.9. The van der Waals surface area contributed by atoms with Crippen LogP contribution in [0.25, 0.3) is 0 Å². The van der Waals surface area contributed by atoms with Gasteiger partial charge in [-0.15, -0.1) is 0 Å². The average Bonchev–Trinajstić information content (AvgIpc) is 2.83. The van der Waals surface area contributed by atoms with E-state index >= 15 is 0 Å². The standard InChI is InChI=1S/C13H24N2O2/c1-10(2)14-6-4-12(9-14)15-5-3-11(8-15)7-13(16)17/h10-12H,3-9H2,1-2H3,(H,16,17). The summed E-state index contributed by atoms with van der Waals surface area (Å²) in [7, 11) is 0. The minimum atomic E-state index is -0.646. The molecule has 2 aliphatic heterocycles. The van der Waals surface area contributed by atoms with Crippen molar-refractivity contribution >= 4 is 5.97 Å². The largest absolute Gasteiger partial charge is 0.481 e. The highest BCUT2D eigenvalue weighted by Gasteiger charge is 2.33. The number of hydrogen-bond acceptors (Lipinski definition) is 3. The maximum Gasteiger partial charge on any atom is 0.303 e. The van der Waals surface area contributed by atoms with E-state index in [-0.39, 0.29) is 0 Å². The van der Waals surface area contributed by atoms with Crippen molar-refractivity contribution in [1.29, 1.82) is 0 Å². The Morgan fingerprint density at radius 3 is 2.65 bits per heavy atom. The SMILES string of the molecule is CC(C)N1CCC(N2CCC(CC(=O)O)C2)C1. The fourth-order valence-electron chi connectivity index (χ4n) is 3.14. The highest BCUT2D eigenvalue weighted by molar-refractivity contribution is 5.67. The van der Waals surface area contributed by atoms with E-state index in [0.29, 0.717) is 24.4 Å². The third-order valence-corrected chi connectivity index (χ3v) is 4.22. The van der Waals surface area contributed by atoms with Crippen LogP contribution in [0.1, 0.15) is 33.1 Å². The lowest BCUT2D eigenvalue weighted by atomic mass is 10.1. The molecule has 2 aliphatic rings. The van der Waals surface area contributed by atoms with Crippen molar-refractivity contribution in [3.05, 3.63) is 0 Å². The number of carbonyl (C=O) groups is 1. The smallest absolute Gasteiger partial charge is 0.303 e. The van der Waals surface area contributed by atoms with Crippen LogP contribution in [-0.4, -0.2) is 59.1 Å². The van der Waals surface area contributed by atoms with Crippen LogP contribution >= 0.6 is 0 Å². The molecule has 4 nitrogen and oxygen atoms in total. The van der Waals surface area contributed by atoms with Crippen molar-refractivity contribution in [2.75, 3.05) is 26.2 Å². The molecule has 0 spiro atoms. The number of carboxylic acid groups (broad SMARTS) is 1. The summed E-state index contributed by atoms with van der Waals surface area (Å²) < 4.78 is 0. The third kappa shape index (κ3) is 3.19. The summed E-state index contributed by atoms with van der Waals surface area (Å²) in [6.07, 6.45) is 2.65. The van der Waals surface area contributed by atoms with Crippen LogP contribution in [0, 0.1) is 5.92 Å². The molecule has 0 aromatic carbocycles. The molecule has 2 heterocycles. The van der Waals surface area contributed by atoms with E-state index in [0.717, 1.165) is 26.1 Å². The van der Waals surface area contributed by atoms with Crippen molar-refractivity contribution in [1.82, 2.24) is 9.80 Å². The molecule has 0 amide bonds. The lowest BCUT2D eigenvalue weighted by molar-refractivity contribution is -0.138. The van der Waals surface area contributed by atoms with Crippen LogP contribution in [0.5, 0.6) is 0 Å². The predicted octanol–water partition coefficient (Wildman–Crippen LogP) is 1.27. The van der Waals surface area contributed by atoms with Crippen LogP contribution < -0.4 is 0 Å². The van der Waals surface area contributed by atoms with Crippen molar-refractivity contribution in [2.45, 2.75) is 45.2 Å². The second-order valence-electron chi connectivity index (χ2n) is 5.78. The van der Waals surface area contributed by atoms with Gasteiger partial charge in [0, 0.05) is 38.1 Å². The molecule has 2 atom stereocenters. The second kappa shape index (κ2) is 5.36. The Bertz CT molecular complexity index is 281. The van der Waals surface area contributed by atoms with Crippen LogP contribution in [0.4, 0.5) is 0 Å². The number of carboxylic acids is 1. The summed E-state index contributed by atoms with van der Waals surface area (Å²) in [6.45, 7) is 8.94. The molecule has 0 radical (unpaired) electrons. The van der Waals surface area contributed by atoms with E-state index in [4.69, 9.17) is 5.11 Å². The van der Waals surface area contributed by atoms with E-state index in [9.17, 15) is 4.79 Å². The van der Waals surface area contributed by atoms with Crippen molar-refractivity contribution in [3.8, 4) is 0 Å². The molecule has 4 heteroatoms. The highest BCUT2D eigenvalue weighted by atomic mass is 16.4. The van der Waals surface area contributed by atoms with Gasteiger partial charge in [-0.05, 0) is 39.2 Å². The predicted molar refractivity (Wildman–Crippen MR) is 67.0 cm³/mol. The van der Waals surface area contributed by atoms with E-state index in [1.165, 1.54) is 13.0 Å². The van der Waals surface area contributed by atoms with Gasteiger partial charge in [-0.3, -0.25) is 14.6 Å². The molecule has 1 N–H and O–H groups in total. The monoisotopic (exact) mass is 240 g/mol. The minimum absolute atomic E-state index is 0.344. The van der Waals surface area contributed by atoms with Crippen molar-refractivity contribution < 1.29 is 9.90 Å². The Balaban J connectivity index is 1.79. The number of likely N-dealkylation sites (tertiary alicyclic amines) is 2. The van der Waals surface area contributed by atoms with Crippen LogP contribution in [0.15, 0.2) is 0 Å². The fraction of sp³-hybridized carbons (Fsp3) is 0.923. The molecule has 0 bridgehead atoms. The van der Waals surface area contributed by atoms with Crippen LogP contribution in [0.2, 0.25) is 0 Å². The lowest BCUT2D eigenvalue weighted by Crippen LogP contribution is -2.37. The number of hydrogen-bond donors (Lipinski definition) is 1. The normalized spacial score (nSPS) is 31.5. The van der Waals surface area contributed by atoms with Gasteiger partial charge < -0.3 is 5.11 Å². The van der Waals surface area contributed by atoms with Gasteiger partial charge in [0.1, 0.15) is 0 Å². The zero-order chi connectivity index (χ0) is 12.4. The van der Waals surface area contributed by atoms with Gasteiger partial charge >= 0.3 is 5.97 Å². The summed E-state index contributed by atoms with van der Waals surface area (Å²) in [4.78, 5) is 15.7. The first-order chi connectivity index (χ1) is 8.06. The van der Waals surface area contributed by atoms with Gasteiger partial charge in [-0.25, -0.2) is 0 Å². The van der Waals surface area contributed by atoms with Crippen LogP contribution in [-0.2, 0) is 4.79 Å². The molecule has 2 saturated heterocycles. The highest BCUT2D eigenvalue weighted by Crippen LogP contribution is 2.26. The zero-order valence-corrected chi connectivity index (χ0v) is 10.9. The third-order valence-electron chi connectivity index (χ3n) is 4.22. The summed E-state index contributed by atoms with van der Waals surface area (Å²) in [5.41, 5.74) is 0. The molecule has 0 aromatic rings. The Morgan fingerprint density at radius 1 is 1.29 bits per heavy atom. The molecule has 17 heavy (non-hydrogen) atoms. The van der Waals surface area contributed by atoms with E-state index in [1.807, 2.05) is 0 Å². The molecule has 0 aromatic heterocycles. The molecular formula is C13H24N2O2. The Morgan fingerprint density at radius 2 is 2.06 bits per heavy atom. The van der Waals surface area contributed by atoms with Crippen molar-refractivity contribution in [3.63, 3.8) is 0 Å². The van der Waals surface area contributed by atoms with Gasteiger partial charge in [0.15, 0.2) is 0 Å². The quantitative estimate of drug-likeness (QED) is 0.803. The van der Waals surface area contributed by atoms with Crippen LogP contribution in [0.3, 0.4) is 0 Å². The Kier molecular flexibility index (Phi) is 4.05. The van der Waals surface area contributed by atoms with E-state index in [2.05, 4.69) is 23.6 Å². The lowest BCUT2D eigenvalue weighted by Gasteiger charge is -2.25. The van der Waals surface area contributed by atoms with E-state index in [1.54, 1.807) is 0 Å². The molecule has 2 rings (SSSR count). The minimum Gasteiger partial charge on any atom is -0.481 e. The first kappa shape index (κ1) is 12.8. The first-order valence-electron chi connectivity index (χ1n) is 6.76. The van der Waals surface area contributed by atoms with Gasteiger partial charge in [-0.2, -0.15) is 0 Å². The number of rotatable bonds is 4. The topological polar surface area (TPSA) is 43.8 Å². The molecular weight excluding hydrogens is 216 g/mol. The maximum absolute atomic E-state index is 10.7. The number of aliphatic carboxylic acids is 1. The molecule has 0 saturated carbocycles. The van der Waals surface area contributed by atoms with Crippen molar-refractivity contribution in [2.24, 2.45) is 5.92 Å². The van der Waals surface area contributed by atoms with Gasteiger partial charge in [-0.1, -0.05) is 0 Å².